The van der Waals surface area contributed by atoms with E-state index >= 15 is 0 Å². The summed E-state index contributed by atoms with van der Waals surface area (Å²) >= 11 is 0. The molecule has 2 amide bonds. The molecule has 0 heterocycles. The van der Waals surface area contributed by atoms with Gasteiger partial charge in [-0.25, -0.2) is 9.59 Å². The van der Waals surface area contributed by atoms with Gasteiger partial charge in [0.1, 0.15) is 5.75 Å². The van der Waals surface area contributed by atoms with Crippen LogP contribution in [0.4, 0.5) is 10.5 Å². The third-order valence-corrected chi connectivity index (χ3v) is 4.16. The molecule has 0 saturated carbocycles. The molecular weight excluding hydrogens is 356 g/mol. The number of hydrogen-bond donors (Lipinski definition) is 3. The normalized spacial score (nSPS) is 10.6. The minimum atomic E-state index is -1.17. The van der Waals surface area contributed by atoms with Gasteiger partial charge in [-0.3, -0.25) is 0 Å². The highest BCUT2D eigenvalue weighted by Crippen LogP contribution is 2.36. The fourth-order valence-corrected chi connectivity index (χ4v) is 2.86. The third kappa shape index (κ3) is 5.23. The van der Waals surface area contributed by atoms with Crippen LogP contribution in [0.2, 0.25) is 0 Å². The molecule has 28 heavy (non-hydrogen) atoms. The average molecular weight is 380 g/mol. The molecule has 0 bridgehead atoms. The number of carboxylic acid groups (broad SMARTS) is 1. The zero-order chi connectivity index (χ0) is 20.7. The predicted octanol–water partition coefficient (Wildman–Crippen LogP) is 4.56. The van der Waals surface area contributed by atoms with Crippen LogP contribution in [0.1, 0.15) is 40.4 Å². The number of nitrogens with two attached hydrogens (primary N) is 1. The first kappa shape index (κ1) is 20.8. The van der Waals surface area contributed by atoms with Crippen LogP contribution in [0.25, 0.3) is 12.2 Å². The lowest BCUT2D eigenvalue weighted by atomic mass is 9.94. The van der Waals surface area contributed by atoms with Gasteiger partial charge in [0.05, 0.1) is 18.4 Å². The van der Waals surface area contributed by atoms with E-state index in [4.69, 9.17) is 10.5 Å². The van der Waals surface area contributed by atoms with E-state index in [1.54, 1.807) is 18.2 Å². The number of carbonyl (C=O) groups is 2. The maximum Gasteiger partial charge on any atom is 0.338 e. The minimum absolute atomic E-state index is 0.0384. The average Bonchev–Trinajstić information content (AvgIpc) is 2.64. The monoisotopic (exact) mass is 380 g/mol. The quantitative estimate of drug-likeness (QED) is 0.461. The molecule has 6 nitrogen and oxygen atoms in total. The summed E-state index contributed by atoms with van der Waals surface area (Å²) in [6.45, 7) is 5.75. The number of hydrogen-bond acceptors (Lipinski definition) is 3. The van der Waals surface area contributed by atoms with Crippen LogP contribution in [0.15, 0.2) is 48.6 Å². The molecule has 0 fully saturated rings. The molecule has 2 rings (SSSR count). The molecule has 0 radical (unpaired) electrons. The van der Waals surface area contributed by atoms with Crippen LogP contribution < -0.4 is 15.8 Å². The minimum Gasteiger partial charge on any atom is -0.496 e. The van der Waals surface area contributed by atoms with Gasteiger partial charge in [-0.1, -0.05) is 48.1 Å². The molecular formula is C22H24N2O4. The fourth-order valence-electron chi connectivity index (χ4n) is 2.86. The maximum atomic E-state index is 12.0. The van der Waals surface area contributed by atoms with Crippen molar-refractivity contribution in [3.8, 4) is 5.75 Å². The van der Waals surface area contributed by atoms with Gasteiger partial charge in [-0.2, -0.15) is 0 Å². The highest BCUT2D eigenvalue weighted by molar-refractivity contribution is 6.04. The first-order chi connectivity index (χ1) is 13.3. The largest absolute Gasteiger partial charge is 0.496 e. The molecule has 146 valence electrons. The van der Waals surface area contributed by atoms with Crippen molar-refractivity contribution in [3.05, 3.63) is 70.8 Å². The number of methoxy groups -OCH3 is 1. The number of rotatable bonds is 8. The summed E-state index contributed by atoms with van der Waals surface area (Å²) in [6, 6.07) is 10.3. The van der Waals surface area contributed by atoms with Gasteiger partial charge >= 0.3 is 12.0 Å². The number of nitrogens with one attached hydrogen (secondary N) is 1. The Morgan fingerprint density at radius 1 is 1.25 bits per heavy atom. The number of benzene rings is 2. The van der Waals surface area contributed by atoms with E-state index in [1.807, 2.05) is 37.3 Å². The van der Waals surface area contributed by atoms with Crippen LogP contribution in [0, 0.1) is 0 Å². The van der Waals surface area contributed by atoms with Gasteiger partial charge in [0, 0.05) is 5.56 Å². The summed E-state index contributed by atoms with van der Waals surface area (Å²) in [5, 5.41) is 12.3. The number of anilines is 1. The van der Waals surface area contributed by atoms with E-state index in [-0.39, 0.29) is 11.3 Å². The number of primary amides is 1. The molecule has 0 aromatic heterocycles. The number of amides is 2. The number of ether oxygens (including phenoxy) is 1. The van der Waals surface area contributed by atoms with Gasteiger partial charge in [-0.05, 0) is 37.0 Å². The van der Waals surface area contributed by atoms with Gasteiger partial charge in [-0.15, -0.1) is 6.58 Å². The van der Waals surface area contributed by atoms with Crippen molar-refractivity contribution in [2.45, 2.75) is 19.8 Å². The SMILES string of the molecule is C=C(C)CCc1c(OC)cc(C=Cc2ccccc2)c(C(=O)O)c1NC(N)=O. The molecule has 4 N–H and O–H groups in total. The van der Waals surface area contributed by atoms with Crippen molar-refractivity contribution in [1.29, 1.82) is 0 Å². The zero-order valence-electron chi connectivity index (χ0n) is 16.0. The van der Waals surface area contributed by atoms with Crippen molar-refractivity contribution in [3.63, 3.8) is 0 Å². The van der Waals surface area contributed by atoms with E-state index in [1.165, 1.54) is 7.11 Å². The first-order valence-electron chi connectivity index (χ1n) is 8.74. The third-order valence-electron chi connectivity index (χ3n) is 4.16. The molecule has 0 spiro atoms. The van der Waals surface area contributed by atoms with Gasteiger partial charge in [0.25, 0.3) is 0 Å². The van der Waals surface area contributed by atoms with Crippen LogP contribution in [0.3, 0.4) is 0 Å². The number of aromatic carboxylic acids is 1. The smallest absolute Gasteiger partial charge is 0.338 e. The van der Waals surface area contributed by atoms with Crippen molar-refractivity contribution in [2.75, 3.05) is 12.4 Å². The summed E-state index contributed by atoms with van der Waals surface area (Å²) in [6.07, 6.45) is 4.54. The molecule has 2 aromatic carbocycles. The van der Waals surface area contributed by atoms with E-state index in [9.17, 15) is 14.7 Å². The fraction of sp³-hybridized carbons (Fsp3) is 0.182. The van der Waals surface area contributed by atoms with Crippen molar-refractivity contribution in [2.24, 2.45) is 5.73 Å². The number of urea groups is 1. The Morgan fingerprint density at radius 2 is 1.93 bits per heavy atom. The van der Waals surface area contributed by atoms with E-state index in [2.05, 4.69) is 11.9 Å². The Morgan fingerprint density at radius 3 is 2.46 bits per heavy atom. The highest BCUT2D eigenvalue weighted by Gasteiger charge is 2.23. The lowest BCUT2D eigenvalue weighted by Crippen LogP contribution is -2.23. The first-order valence-corrected chi connectivity index (χ1v) is 8.74. The van der Waals surface area contributed by atoms with Crippen LogP contribution >= 0.6 is 0 Å². The summed E-state index contributed by atoms with van der Waals surface area (Å²) in [4.78, 5) is 23.6. The molecule has 0 aliphatic heterocycles. The second-order valence-electron chi connectivity index (χ2n) is 6.39. The molecule has 6 heteroatoms. The lowest BCUT2D eigenvalue weighted by molar-refractivity contribution is 0.0697. The van der Waals surface area contributed by atoms with Crippen molar-refractivity contribution >= 4 is 29.8 Å². The zero-order valence-corrected chi connectivity index (χ0v) is 16.0. The summed E-state index contributed by atoms with van der Waals surface area (Å²) in [7, 11) is 1.50. The second kappa shape index (κ2) is 9.41. The van der Waals surface area contributed by atoms with Gasteiger partial charge in [0.15, 0.2) is 0 Å². The molecule has 2 aromatic rings. The predicted molar refractivity (Wildman–Crippen MR) is 112 cm³/mol. The van der Waals surface area contributed by atoms with Crippen LogP contribution in [-0.4, -0.2) is 24.2 Å². The topological polar surface area (TPSA) is 102 Å². The van der Waals surface area contributed by atoms with E-state index in [0.717, 1.165) is 11.1 Å². The van der Waals surface area contributed by atoms with Crippen molar-refractivity contribution in [1.82, 2.24) is 0 Å². The Kier molecular flexibility index (Phi) is 6.98. The van der Waals surface area contributed by atoms with Crippen LogP contribution in [-0.2, 0) is 6.42 Å². The Hall–Kier alpha value is -3.54. The molecule has 0 aliphatic rings. The molecule has 0 aliphatic carbocycles. The maximum absolute atomic E-state index is 12.0. The number of carboxylic acids is 1. The summed E-state index contributed by atoms with van der Waals surface area (Å²) in [5.74, 6) is -0.696. The van der Waals surface area contributed by atoms with Crippen molar-refractivity contribution < 1.29 is 19.4 Å². The van der Waals surface area contributed by atoms with E-state index < -0.39 is 12.0 Å². The summed E-state index contributed by atoms with van der Waals surface area (Å²) < 4.78 is 5.48. The molecule has 0 saturated heterocycles. The second-order valence-corrected chi connectivity index (χ2v) is 6.39. The summed E-state index contributed by atoms with van der Waals surface area (Å²) in [5.41, 5.74) is 8.22. The lowest BCUT2D eigenvalue weighted by Gasteiger charge is -2.19. The Bertz CT molecular complexity index is 918. The van der Waals surface area contributed by atoms with Crippen LogP contribution in [0.5, 0.6) is 5.75 Å². The highest BCUT2D eigenvalue weighted by atomic mass is 16.5. The Balaban J connectivity index is 2.67. The van der Waals surface area contributed by atoms with Gasteiger partial charge in [0.2, 0.25) is 0 Å². The van der Waals surface area contributed by atoms with E-state index in [0.29, 0.717) is 29.7 Å². The Labute approximate surface area is 164 Å². The van der Waals surface area contributed by atoms with Gasteiger partial charge < -0.3 is 20.9 Å². The number of allylic oxidation sites excluding steroid dienone is 1. The molecule has 0 atom stereocenters. The number of carbonyl (C=O) groups excluding carboxylic acids is 1. The molecule has 0 unspecified atom stereocenters. The standard InChI is InChI=1S/C22H24N2O4/c1-14(2)9-12-17-18(28-3)13-16(11-10-15-7-5-4-6-8-15)19(21(25)26)20(17)24-22(23)27/h4-8,10-11,13H,1,9,12H2,2-3H3,(H,25,26)(H3,23,24,27).